The highest BCUT2D eigenvalue weighted by Gasteiger charge is 1.88. The first-order valence-electron chi connectivity index (χ1n) is 5.42. The molecule has 0 heterocycles. The van der Waals surface area contributed by atoms with Crippen LogP contribution in [0.3, 0.4) is 0 Å². The first kappa shape index (κ1) is 13.0. The molecule has 0 atom stereocenters. The molecule has 1 nitrogen and oxygen atoms in total. The van der Waals surface area contributed by atoms with E-state index in [4.69, 9.17) is 5.73 Å². The Morgan fingerprint density at radius 1 is 1.07 bits per heavy atom. The molecule has 0 fully saturated rings. The maximum absolute atomic E-state index is 5.43. The van der Waals surface area contributed by atoms with Crippen molar-refractivity contribution in [3.63, 3.8) is 0 Å². The predicted octanol–water partition coefficient (Wildman–Crippen LogP) is 4.02. The minimum Gasteiger partial charge on any atom is -0.399 e. The van der Waals surface area contributed by atoms with Gasteiger partial charge in [-0.15, -0.1) is 0 Å². The van der Waals surface area contributed by atoms with Crippen molar-refractivity contribution in [2.75, 3.05) is 5.73 Å². The Hall–Kier alpha value is -0.980. The lowest BCUT2D eigenvalue weighted by molar-refractivity contribution is 0.544. The van der Waals surface area contributed by atoms with Crippen molar-refractivity contribution in [2.45, 2.75) is 40.5 Å². The van der Waals surface area contributed by atoms with Crippen LogP contribution in [0, 0.1) is 12.8 Å². The second-order valence-corrected chi connectivity index (χ2v) is 3.83. The molecule has 0 radical (unpaired) electrons. The van der Waals surface area contributed by atoms with Crippen LogP contribution in [0.1, 0.15) is 39.2 Å². The van der Waals surface area contributed by atoms with E-state index in [9.17, 15) is 0 Å². The summed E-state index contributed by atoms with van der Waals surface area (Å²) in [6.07, 6.45) is 2.66. The van der Waals surface area contributed by atoms with E-state index in [2.05, 4.69) is 20.8 Å². The van der Waals surface area contributed by atoms with Crippen LogP contribution in [0.2, 0.25) is 0 Å². The molecule has 0 amide bonds. The van der Waals surface area contributed by atoms with Crippen LogP contribution in [-0.4, -0.2) is 0 Å². The summed E-state index contributed by atoms with van der Waals surface area (Å²) < 4.78 is 0. The molecular formula is C13H23N. The van der Waals surface area contributed by atoms with Crippen molar-refractivity contribution in [2.24, 2.45) is 5.92 Å². The fraction of sp³-hybridized carbons (Fsp3) is 0.538. The molecule has 1 aromatic carbocycles. The van der Waals surface area contributed by atoms with Crippen molar-refractivity contribution in [1.29, 1.82) is 0 Å². The normalized spacial score (nSPS) is 9.50. The summed E-state index contributed by atoms with van der Waals surface area (Å²) in [5.41, 5.74) is 7.51. The van der Waals surface area contributed by atoms with Gasteiger partial charge in [-0.2, -0.15) is 0 Å². The number of rotatable bonds is 2. The summed E-state index contributed by atoms with van der Waals surface area (Å²) in [6, 6.07) is 7.79. The molecule has 1 heteroatoms. The van der Waals surface area contributed by atoms with Gasteiger partial charge in [0.05, 0.1) is 0 Å². The van der Waals surface area contributed by atoms with E-state index in [1.165, 1.54) is 18.4 Å². The minimum atomic E-state index is 0.829. The monoisotopic (exact) mass is 193 g/mol. The van der Waals surface area contributed by atoms with E-state index in [0.29, 0.717) is 0 Å². The summed E-state index contributed by atoms with van der Waals surface area (Å²) >= 11 is 0. The zero-order valence-electron chi connectivity index (χ0n) is 9.88. The quantitative estimate of drug-likeness (QED) is 0.705. The second-order valence-electron chi connectivity index (χ2n) is 3.83. The van der Waals surface area contributed by atoms with Gasteiger partial charge in [-0.3, -0.25) is 0 Å². The molecule has 0 unspecified atom stereocenters. The van der Waals surface area contributed by atoms with Gasteiger partial charge < -0.3 is 5.73 Å². The van der Waals surface area contributed by atoms with Gasteiger partial charge in [-0.05, 0) is 25.0 Å². The molecule has 2 N–H and O–H groups in total. The van der Waals surface area contributed by atoms with Crippen LogP contribution in [0.5, 0.6) is 0 Å². The van der Waals surface area contributed by atoms with Gasteiger partial charge in [0.1, 0.15) is 0 Å². The standard InChI is InChI=1S/C7H9N.C6H14/c1-6-2-4-7(8)5-3-6;1-4-6(3)5-2/h2-5H,8H2,1H3;6H,4-5H2,1-3H3. The van der Waals surface area contributed by atoms with Gasteiger partial charge in [0.15, 0.2) is 0 Å². The molecule has 0 saturated heterocycles. The lowest BCUT2D eigenvalue weighted by atomic mass is 10.1. The zero-order valence-corrected chi connectivity index (χ0v) is 9.88. The summed E-state index contributed by atoms with van der Waals surface area (Å²) in [4.78, 5) is 0. The van der Waals surface area contributed by atoms with Crippen LogP contribution < -0.4 is 5.73 Å². The summed E-state index contributed by atoms with van der Waals surface area (Å²) in [6.45, 7) is 8.78. The Bertz CT molecular complexity index is 200. The third kappa shape index (κ3) is 6.53. The zero-order chi connectivity index (χ0) is 11.0. The highest BCUT2D eigenvalue weighted by atomic mass is 14.5. The fourth-order valence-electron chi connectivity index (χ4n) is 0.855. The van der Waals surface area contributed by atoms with Gasteiger partial charge in [0.25, 0.3) is 0 Å². The number of nitrogens with two attached hydrogens (primary N) is 1. The topological polar surface area (TPSA) is 26.0 Å². The summed E-state index contributed by atoms with van der Waals surface area (Å²) in [7, 11) is 0. The molecule has 0 aliphatic heterocycles. The maximum atomic E-state index is 5.43. The number of nitrogen functional groups attached to an aromatic ring is 1. The van der Waals surface area contributed by atoms with Crippen molar-refractivity contribution in [3.8, 4) is 0 Å². The molecule has 0 aliphatic rings. The Kier molecular flexibility index (Phi) is 6.91. The first-order valence-corrected chi connectivity index (χ1v) is 5.42. The second kappa shape index (κ2) is 7.43. The maximum Gasteiger partial charge on any atom is 0.0314 e. The number of benzene rings is 1. The molecule has 1 aromatic rings. The van der Waals surface area contributed by atoms with E-state index in [1.54, 1.807) is 0 Å². The summed E-state index contributed by atoms with van der Waals surface area (Å²) in [5, 5.41) is 0. The van der Waals surface area contributed by atoms with Gasteiger partial charge in [0.2, 0.25) is 0 Å². The average Bonchev–Trinajstić information content (AvgIpc) is 2.22. The average molecular weight is 193 g/mol. The Morgan fingerprint density at radius 2 is 1.50 bits per heavy atom. The highest BCUT2D eigenvalue weighted by Crippen LogP contribution is 2.03. The third-order valence-electron chi connectivity index (χ3n) is 2.47. The number of hydrogen-bond acceptors (Lipinski definition) is 1. The van der Waals surface area contributed by atoms with Gasteiger partial charge in [-0.1, -0.05) is 51.3 Å². The molecule has 1 rings (SSSR count). The molecule has 0 saturated carbocycles. The summed E-state index contributed by atoms with van der Waals surface area (Å²) in [5.74, 6) is 0.935. The van der Waals surface area contributed by atoms with E-state index < -0.39 is 0 Å². The van der Waals surface area contributed by atoms with Crippen molar-refractivity contribution < 1.29 is 0 Å². The first-order chi connectivity index (χ1) is 6.60. The Morgan fingerprint density at radius 3 is 1.71 bits per heavy atom. The molecule has 0 bridgehead atoms. The van der Waals surface area contributed by atoms with Crippen molar-refractivity contribution in [3.05, 3.63) is 29.8 Å². The van der Waals surface area contributed by atoms with Crippen LogP contribution in [0.15, 0.2) is 24.3 Å². The molecule has 0 spiro atoms. The van der Waals surface area contributed by atoms with Crippen LogP contribution in [0.25, 0.3) is 0 Å². The van der Waals surface area contributed by atoms with Crippen LogP contribution in [0.4, 0.5) is 5.69 Å². The Labute approximate surface area is 88.3 Å². The molecule has 0 aliphatic carbocycles. The number of anilines is 1. The van der Waals surface area contributed by atoms with E-state index >= 15 is 0 Å². The van der Waals surface area contributed by atoms with E-state index in [0.717, 1.165) is 11.6 Å². The van der Waals surface area contributed by atoms with Crippen molar-refractivity contribution >= 4 is 5.69 Å². The van der Waals surface area contributed by atoms with E-state index in [-0.39, 0.29) is 0 Å². The lowest BCUT2D eigenvalue weighted by Crippen LogP contribution is -1.85. The number of aryl methyl sites for hydroxylation is 1. The van der Waals surface area contributed by atoms with Gasteiger partial charge in [0, 0.05) is 5.69 Å². The predicted molar refractivity (Wildman–Crippen MR) is 65.3 cm³/mol. The van der Waals surface area contributed by atoms with Gasteiger partial charge in [-0.25, -0.2) is 0 Å². The molecular weight excluding hydrogens is 170 g/mol. The minimum absolute atomic E-state index is 0.829. The largest absolute Gasteiger partial charge is 0.399 e. The fourth-order valence-corrected chi connectivity index (χ4v) is 0.855. The molecule has 0 aromatic heterocycles. The third-order valence-corrected chi connectivity index (χ3v) is 2.47. The molecule has 80 valence electrons. The number of hydrogen-bond donors (Lipinski definition) is 1. The van der Waals surface area contributed by atoms with Crippen molar-refractivity contribution in [1.82, 2.24) is 0 Å². The lowest BCUT2D eigenvalue weighted by Gasteiger charge is -1.98. The smallest absolute Gasteiger partial charge is 0.0314 e. The van der Waals surface area contributed by atoms with Gasteiger partial charge >= 0.3 is 0 Å². The molecule has 14 heavy (non-hydrogen) atoms. The highest BCUT2D eigenvalue weighted by molar-refractivity contribution is 5.38. The van der Waals surface area contributed by atoms with E-state index in [1.807, 2.05) is 31.2 Å². The Balaban J connectivity index is 0.000000255. The van der Waals surface area contributed by atoms with Crippen LogP contribution in [-0.2, 0) is 0 Å². The SMILES string of the molecule is CCC(C)CC.Cc1ccc(N)cc1. The van der Waals surface area contributed by atoms with Crippen LogP contribution >= 0.6 is 0 Å².